The second-order valence-electron chi connectivity index (χ2n) is 6.17. The number of hydrogen-bond donors (Lipinski definition) is 3. The van der Waals surface area contributed by atoms with Gasteiger partial charge in [0.15, 0.2) is 0 Å². The molecule has 6 nitrogen and oxygen atoms in total. The summed E-state index contributed by atoms with van der Waals surface area (Å²) in [5.74, 6) is -0.689. The van der Waals surface area contributed by atoms with E-state index in [1.807, 2.05) is 24.3 Å². The van der Waals surface area contributed by atoms with Gasteiger partial charge in [0.1, 0.15) is 0 Å². The zero-order valence-corrected chi connectivity index (χ0v) is 14.2. The number of nitrogens with one attached hydrogen (secondary N) is 3. The van der Waals surface area contributed by atoms with Crippen LogP contribution in [0, 0.1) is 5.92 Å². The molecule has 0 bridgehead atoms. The number of para-hydroxylation sites is 1. The average molecular weight is 347 g/mol. The lowest BCUT2D eigenvalue weighted by atomic mass is 9.89. The van der Waals surface area contributed by atoms with E-state index in [1.54, 1.807) is 0 Å². The van der Waals surface area contributed by atoms with E-state index < -0.39 is 5.25 Å². The third-order valence-electron chi connectivity index (χ3n) is 4.38. The van der Waals surface area contributed by atoms with E-state index in [0.717, 1.165) is 36.3 Å². The minimum atomic E-state index is -0.494. The Bertz CT molecular complexity index is 644. The number of benzene rings is 1. The minimum Gasteiger partial charge on any atom is -0.324 e. The molecule has 0 radical (unpaired) electrons. The molecule has 1 fully saturated rings. The Balaban J connectivity index is 1.48. The second kappa shape index (κ2) is 7.70. The minimum absolute atomic E-state index is 0.0155. The van der Waals surface area contributed by atoms with Crippen molar-refractivity contribution < 1.29 is 14.4 Å². The lowest BCUT2D eigenvalue weighted by Crippen LogP contribution is -2.46. The Morgan fingerprint density at radius 1 is 1.12 bits per heavy atom. The molecule has 1 aromatic rings. The van der Waals surface area contributed by atoms with E-state index in [4.69, 9.17) is 0 Å². The van der Waals surface area contributed by atoms with Crippen molar-refractivity contribution in [2.24, 2.45) is 5.92 Å². The molecule has 1 aliphatic heterocycles. The Hall–Kier alpha value is -2.02. The van der Waals surface area contributed by atoms with Crippen molar-refractivity contribution in [3.05, 3.63) is 24.3 Å². The number of anilines is 1. The highest BCUT2D eigenvalue weighted by atomic mass is 32.2. The van der Waals surface area contributed by atoms with Crippen LogP contribution < -0.4 is 16.2 Å². The first-order chi connectivity index (χ1) is 11.6. The van der Waals surface area contributed by atoms with Crippen LogP contribution in [0.25, 0.3) is 0 Å². The molecular weight excluding hydrogens is 326 g/mol. The van der Waals surface area contributed by atoms with Gasteiger partial charge in [-0.15, -0.1) is 11.8 Å². The highest BCUT2D eigenvalue weighted by Crippen LogP contribution is 2.36. The molecule has 0 spiro atoms. The van der Waals surface area contributed by atoms with Gasteiger partial charge in [0, 0.05) is 17.2 Å². The van der Waals surface area contributed by atoms with Crippen molar-refractivity contribution in [2.75, 3.05) is 5.32 Å². The number of carbonyl (C=O) groups excluding carboxylic acids is 3. The van der Waals surface area contributed by atoms with Crippen molar-refractivity contribution in [1.82, 2.24) is 10.9 Å². The van der Waals surface area contributed by atoms with Crippen molar-refractivity contribution >= 4 is 35.2 Å². The molecule has 1 heterocycles. The van der Waals surface area contributed by atoms with Crippen LogP contribution >= 0.6 is 11.8 Å². The molecule has 0 saturated heterocycles. The lowest BCUT2D eigenvalue weighted by Gasteiger charge is -2.24. The van der Waals surface area contributed by atoms with E-state index in [1.165, 1.54) is 18.2 Å². The molecule has 24 heavy (non-hydrogen) atoms. The van der Waals surface area contributed by atoms with Crippen LogP contribution in [0.1, 0.15) is 38.5 Å². The standard InChI is InChI=1S/C17H21N3O3S/c21-15(19-20-16(22)11-6-2-1-3-7-11)10-14-17(23)18-12-8-4-5-9-13(12)24-14/h4-5,8-9,11,14H,1-3,6-7,10H2,(H,18,23)(H,19,21)(H,20,22)/t14-/m0/s1. The lowest BCUT2D eigenvalue weighted by molar-refractivity contribution is -0.132. The number of rotatable bonds is 3. The molecule has 0 unspecified atom stereocenters. The third kappa shape index (κ3) is 4.08. The van der Waals surface area contributed by atoms with Gasteiger partial charge < -0.3 is 5.32 Å². The zero-order valence-electron chi connectivity index (χ0n) is 13.3. The molecule has 1 saturated carbocycles. The highest BCUT2D eigenvalue weighted by molar-refractivity contribution is 8.01. The van der Waals surface area contributed by atoms with Gasteiger partial charge in [-0.05, 0) is 25.0 Å². The first-order valence-corrected chi connectivity index (χ1v) is 9.16. The first kappa shape index (κ1) is 16.8. The van der Waals surface area contributed by atoms with E-state index in [9.17, 15) is 14.4 Å². The summed E-state index contributed by atoms with van der Waals surface area (Å²) in [6, 6.07) is 7.49. The van der Waals surface area contributed by atoms with Crippen molar-refractivity contribution in [3.63, 3.8) is 0 Å². The first-order valence-electron chi connectivity index (χ1n) is 8.29. The summed E-state index contributed by atoms with van der Waals surface area (Å²) in [7, 11) is 0. The Morgan fingerprint density at radius 2 is 1.88 bits per heavy atom. The summed E-state index contributed by atoms with van der Waals surface area (Å²) in [6.07, 6.45) is 5.06. The molecule has 1 aliphatic carbocycles. The fraction of sp³-hybridized carbons (Fsp3) is 0.471. The molecule has 128 valence electrons. The van der Waals surface area contributed by atoms with Gasteiger partial charge in [-0.1, -0.05) is 31.4 Å². The van der Waals surface area contributed by atoms with Crippen LogP contribution in [-0.2, 0) is 14.4 Å². The van der Waals surface area contributed by atoms with Crippen LogP contribution in [0.15, 0.2) is 29.2 Å². The smallest absolute Gasteiger partial charge is 0.241 e. The van der Waals surface area contributed by atoms with Gasteiger partial charge in [0.25, 0.3) is 0 Å². The van der Waals surface area contributed by atoms with Crippen LogP contribution in [0.5, 0.6) is 0 Å². The highest BCUT2D eigenvalue weighted by Gasteiger charge is 2.29. The Morgan fingerprint density at radius 3 is 2.67 bits per heavy atom. The summed E-state index contributed by atoms with van der Waals surface area (Å²) in [6.45, 7) is 0. The van der Waals surface area contributed by atoms with Crippen molar-refractivity contribution in [3.8, 4) is 0 Å². The van der Waals surface area contributed by atoms with Gasteiger partial charge in [-0.25, -0.2) is 0 Å². The van der Waals surface area contributed by atoms with Crippen molar-refractivity contribution in [1.29, 1.82) is 0 Å². The molecule has 1 aromatic carbocycles. The maximum absolute atomic E-state index is 12.1. The summed E-state index contributed by atoms with van der Waals surface area (Å²) >= 11 is 1.37. The number of hydrogen-bond acceptors (Lipinski definition) is 4. The third-order valence-corrected chi connectivity index (χ3v) is 5.65. The Kier molecular flexibility index (Phi) is 5.40. The number of amides is 3. The predicted octanol–water partition coefficient (Wildman–Crippen LogP) is 2.22. The second-order valence-corrected chi connectivity index (χ2v) is 7.41. The predicted molar refractivity (Wildman–Crippen MR) is 92.2 cm³/mol. The van der Waals surface area contributed by atoms with Gasteiger partial charge in [0.2, 0.25) is 17.7 Å². The fourth-order valence-corrected chi connectivity index (χ4v) is 4.15. The molecule has 0 aromatic heterocycles. The largest absolute Gasteiger partial charge is 0.324 e. The van der Waals surface area contributed by atoms with Crippen LogP contribution in [0.2, 0.25) is 0 Å². The van der Waals surface area contributed by atoms with Gasteiger partial charge in [-0.3, -0.25) is 25.2 Å². The zero-order chi connectivity index (χ0) is 16.9. The molecule has 7 heteroatoms. The molecule has 3 N–H and O–H groups in total. The van der Waals surface area contributed by atoms with Crippen LogP contribution in [-0.4, -0.2) is 23.0 Å². The van der Waals surface area contributed by atoms with E-state index >= 15 is 0 Å². The van der Waals surface area contributed by atoms with Gasteiger partial charge in [0.05, 0.1) is 10.9 Å². The summed E-state index contributed by atoms with van der Waals surface area (Å²) in [5, 5.41) is 2.31. The number of carbonyl (C=O) groups is 3. The summed E-state index contributed by atoms with van der Waals surface area (Å²) in [5.41, 5.74) is 5.71. The van der Waals surface area contributed by atoms with Crippen molar-refractivity contribution in [2.45, 2.75) is 48.7 Å². The summed E-state index contributed by atoms with van der Waals surface area (Å²) < 4.78 is 0. The SMILES string of the molecule is O=C(C[C@@H]1Sc2ccccc2NC1=O)NNC(=O)C1CCCCC1. The molecule has 2 aliphatic rings. The monoisotopic (exact) mass is 347 g/mol. The number of hydrazine groups is 1. The molecular formula is C17H21N3O3S. The van der Waals surface area contributed by atoms with Crippen LogP contribution in [0.3, 0.4) is 0 Å². The molecule has 3 amide bonds. The molecule has 1 atom stereocenters. The van der Waals surface area contributed by atoms with Crippen LogP contribution in [0.4, 0.5) is 5.69 Å². The Labute approximate surface area is 145 Å². The van der Waals surface area contributed by atoms with E-state index in [-0.39, 0.29) is 30.1 Å². The van der Waals surface area contributed by atoms with E-state index in [0.29, 0.717) is 0 Å². The maximum atomic E-state index is 12.1. The number of thioether (sulfide) groups is 1. The fourth-order valence-electron chi connectivity index (χ4n) is 3.04. The number of fused-ring (bicyclic) bond motifs is 1. The summed E-state index contributed by atoms with van der Waals surface area (Å²) in [4.78, 5) is 37.1. The van der Waals surface area contributed by atoms with E-state index in [2.05, 4.69) is 16.2 Å². The quantitative estimate of drug-likeness (QED) is 0.732. The van der Waals surface area contributed by atoms with Gasteiger partial charge >= 0.3 is 0 Å². The molecule has 3 rings (SSSR count). The van der Waals surface area contributed by atoms with Gasteiger partial charge in [-0.2, -0.15) is 0 Å². The average Bonchev–Trinajstić information content (AvgIpc) is 2.61. The maximum Gasteiger partial charge on any atom is 0.241 e. The topological polar surface area (TPSA) is 87.3 Å². The normalized spacial score (nSPS) is 20.7.